The van der Waals surface area contributed by atoms with Crippen LogP contribution in [0.5, 0.6) is 0 Å². The number of rotatable bonds is 6. The lowest BCUT2D eigenvalue weighted by Crippen LogP contribution is -2.46. The third-order valence-corrected chi connectivity index (χ3v) is 4.64. The van der Waals surface area contributed by atoms with Crippen LogP contribution in [0.25, 0.3) is 0 Å². The van der Waals surface area contributed by atoms with Crippen molar-refractivity contribution in [2.24, 2.45) is 0 Å². The van der Waals surface area contributed by atoms with E-state index in [2.05, 4.69) is 50.5 Å². The summed E-state index contributed by atoms with van der Waals surface area (Å²) in [6.07, 6.45) is 7.34. The van der Waals surface area contributed by atoms with Gasteiger partial charge in [-0.3, -0.25) is 0 Å². The highest BCUT2D eigenvalue weighted by Crippen LogP contribution is 2.41. The third-order valence-electron chi connectivity index (χ3n) is 4.64. The molecular formula is C18H29NO. The van der Waals surface area contributed by atoms with Gasteiger partial charge >= 0.3 is 0 Å². The van der Waals surface area contributed by atoms with Crippen LogP contribution < -0.4 is 5.32 Å². The topological polar surface area (TPSA) is 21.3 Å². The molecule has 1 fully saturated rings. The Kier molecular flexibility index (Phi) is 5.62. The molecule has 20 heavy (non-hydrogen) atoms. The molecule has 0 radical (unpaired) electrons. The standard InChI is InChI=1S/C18H29NO/c1-4-15-10-9-11-16(14-15)17(19-3)18(20-5-2)12-7-6-8-13-18/h9-11,14,17,19H,4-8,12-13H2,1-3H3. The van der Waals surface area contributed by atoms with Crippen LogP contribution in [0.3, 0.4) is 0 Å². The van der Waals surface area contributed by atoms with E-state index in [1.807, 2.05) is 0 Å². The number of nitrogens with one attached hydrogen (secondary N) is 1. The van der Waals surface area contributed by atoms with Crippen LogP contribution in [0.15, 0.2) is 24.3 Å². The average Bonchev–Trinajstić information content (AvgIpc) is 2.49. The zero-order valence-corrected chi connectivity index (χ0v) is 13.2. The molecule has 1 N–H and O–H groups in total. The van der Waals surface area contributed by atoms with Crippen LogP contribution in [0, 0.1) is 0 Å². The molecule has 0 saturated heterocycles. The molecule has 0 heterocycles. The van der Waals surface area contributed by atoms with Gasteiger partial charge in [-0.25, -0.2) is 0 Å². The quantitative estimate of drug-likeness (QED) is 0.838. The lowest BCUT2D eigenvalue weighted by molar-refractivity contribution is -0.0898. The Morgan fingerprint density at radius 3 is 2.55 bits per heavy atom. The van der Waals surface area contributed by atoms with E-state index in [0.717, 1.165) is 13.0 Å². The second kappa shape index (κ2) is 7.24. The maximum atomic E-state index is 6.29. The average molecular weight is 275 g/mol. The van der Waals surface area contributed by atoms with E-state index in [1.54, 1.807) is 0 Å². The van der Waals surface area contributed by atoms with Crippen molar-refractivity contribution in [3.63, 3.8) is 0 Å². The predicted molar refractivity (Wildman–Crippen MR) is 85.1 cm³/mol. The summed E-state index contributed by atoms with van der Waals surface area (Å²) in [5.41, 5.74) is 2.76. The van der Waals surface area contributed by atoms with Gasteiger partial charge in [0.2, 0.25) is 0 Å². The molecule has 0 aromatic heterocycles. The second-order valence-electron chi connectivity index (χ2n) is 5.88. The molecular weight excluding hydrogens is 246 g/mol. The molecule has 2 rings (SSSR count). The summed E-state index contributed by atoms with van der Waals surface area (Å²) in [5.74, 6) is 0. The van der Waals surface area contributed by atoms with Crippen LogP contribution in [0.1, 0.15) is 63.1 Å². The minimum atomic E-state index is -0.0197. The minimum absolute atomic E-state index is 0.0197. The predicted octanol–water partition coefficient (Wildman–Crippen LogP) is 4.25. The van der Waals surface area contributed by atoms with Crippen molar-refractivity contribution in [3.05, 3.63) is 35.4 Å². The van der Waals surface area contributed by atoms with Crippen molar-refractivity contribution in [2.45, 2.75) is 64.0 Å². The molecule has 0 amide bonds. The number of aryl methyl sites for hydroxylation is 1. The first kappa shape index (κ1) is 15.5. The minimum Gasteiger partial charge on any atom is -0.373 e. The zero-order chi connectivity index (χ0) is 14.4. The Morgan fingerprint density at radius 1 is 1.20 bits per heavy atom. The molecule has 1 saturated carbocycles. The number of benzene rings is 1. The molecule has 1 aromatic carbocycles. The second-order valence-corrected chi connectivity index (χ2v) is 5.88. The molecule has 112 valence electrons. The van der Waals surface area contributed by atoms with E-state index >= 15 is 0 Å². The fraction of sp³-hybridized carbons (Fsp3) is 0.667. The van der Waals surface area contributed by atoms with Gasteiger partial charge in [0.25, 0.3) is 0 Å². The molecule has 1 unspecified atom stereocenters. The van der Waals surface area contributed by atoms with E-state index < -0.39 is 0 Å². The van der Waals surface area contributed by atoms with Crippen molar-refractivity contribution >= 4 is 0 Å². The van der Waals surface area contributed by atoms with Crippen LogP contribution in [0.2, 0.25) is 0 Å². The summed E-state index contributed by atoms with van der Waals surface area (Å²) in [7, 11) is 2.07. The zero-order valence-electron chi connectivity index (χ0n) is 13.2. The number of ether oxygens (including phenoxy) is 1. The highest BCUT2D eigenvalue weighted by atomic mass is 16.5. The summed E-state index contributed by atoms with van der Waals surface area (Å²) in [5, 5.41) is 3.54. The van der Waals surface area contributed by atoms with Gasteiger partial charge in [-0.2, -0.15) is 0 Å². The lowest BCUT2D eigenvalue weighted by atomic mass is 9.76. The van der Waals surface area contributed by atoms with Crippen molar-refractivity contribution in [1.29, 1.82) is 0 Å². The Bertz CT molecular complexity index is 404. The van der Waals surface area contributed by atoms with E-state index in [1.165, 1.54) is 43.2 Å². The van der Waals surface area contributed by atoms with Crippen molar-refractivity contribution in [3.8, 4) is 0 Å². The first-order valence-electron chi connectivity index (χ1n) is 8.16. The van der Waals surface area contributed by atoms with Crippen molar-refractivity contribution in [2.75, 3.05) is 13.7 Å². The highest BCUT2D eigenvalue weighted by Gasteiger charge is 2.40. The van der Waals surface area contributed by atoms with Gasteiger partial charge in [-0.15, -0.1) is 0 Å². The highest BCUT2D eigenvalue weighted by molar-refractivity contribution is 5.28. The Balaban J connectivity index is 2.31. The normalized spacial score (nSPS) is 19.8. The first-order valence-corrected chi connectivity index (χ1v) is 8.16. The molecule has 1 atom stereocenters. The Hall–Kier alpha value is -0.860. The van der Waals surface area contributed by atoms with Gasteiger partial charge in [-0.1, -0.05) is 50.5 Å². The monoisotopic (exact) mass is 275 g/mol. The Labute approximate surface area is 123 Å². The maximum Gasteiger partial charge on any atom is 0.0876 e. The number of hydrogen-bond donors (Lipinski definition) is 1. The fourth-order valence-electron chi connectivity index (χ4n) is 3.68. The van der Waals surface area contributed by atoms with Gasteiger partial charge in [0, 0.05) is 6.61 Å². The van der Waals surface area contributed by atoms with Crippen LogP contribution in [0.4, 0.5) is 0 Å². The summed E-state index contributed by atoms with van der Waals surface area (Å²) >= 11 is 0. The number of hydrogen-bond acceptors (Lipinski definition) is 2. The fourth-order valence-corrected chi connectivity index (χ4v) is 3.68. The molecule has 0 bridgehead atoms. The molecule has 2 heteroatoms. The third kappa shape index (κ3) is 3.24. The van der Waals surface area contributed by atoms with Gasteiger partial charge in [-0.05, 0) is 44.4 Å². The van der Waals surface area contributed by atoms with Crippen LogP contribution in [-0.4, -0.2) is 19.3 Å². The van der Waals surface area contributed by atoms with Crippen LogP contribution in [-0.2, 0) is 11.2 Å². The molecule has 1 aliphatic rings. The summed E-state index contributed by atoms with van der Waals surface area (Å²) < 4.78 is 6.29. The van der Waals surface area contributed by atoms with E-state index in [-0.39, 0.29) is 5.60 Å². The SMILES string of the molecule is CCOC1(C(NC)c2cccc(CC)c2)CCCCC1. The van der Waals surface area contributed by atoms with Crippen molar-refractivity contribution in [1.82, 2.24) is 5.32 Å². The molecule has 1 aromatic rings. The molecule has 2 nitrogen and oxygen atoms in total. The van der Waals surface area contributed by atoms with E-state index in [0.29, 0.717) is 6.04 Å². The smallest absolute Gasteiger partial charge is 0.0876 e. The van der Waals surface area contributed by atoms with Crippen molar-refractivity contribution < 1.29 is 4.74 Å². The van der Waals surface area contributed by atoms with E-state index in [9.17, 15) is 0 Å². The molecule has 0 spiro atoms. The molecule has 1 aliphatic carbocycles. The van der Waals surface area contributed by atoms with Gasteiger partial charge in [0.05, 0.1) is 11.6 Å². The number of likely N-dealkylation sites (N-methyl/N-ethyl adjacent to an activating group) is 1. The van der Waals surface area contributed by atoms with Gasteiger partial charge < -0.3 is 10.1 Å². The largest absolute Gasteiger partial charge is 0.373 e. The maximum absolute atomic E-state index is 6.29. The van der Waals surface area contributed by atoms with Crippen LogP contribution >= 0.6 is 0 Å². The Morgan fingerprint density at radius 2 is 1.95 bits per heavy atom. The summed E-state index contributed by atoms with van der Waals surface area (Å²) in [6.45, 7) is 5.13. The summed E-state index contributed by atoms with van der Waals surface area (Å²) in [6, 6.07) is 9.28. The molecule has 0 aliphatic heterocycles. The summed E-state index contributed by atoms with van der Waals surface area (Å²) in [4.78, 5) is 0. The lowest BCUT2D eigenvalue weighted by Gasteiger charge is -2.43. The first-order chi connectivity index (χ1) is 9.75. The van der Waals surface area contributed by atoms with Gasteiger partial charge in [0.15, 0.2) is 0 Å². The van der Waals surface area contributed by atoms with E-state index in [4.69, 9.17) is 4.74 Å². The van der Waals surface area contributed by atoms with Gasteiger partial charge in [0.1, 0.15) is 0 Å².